The molecule has 3 fully saturated rings. The molecule has 2 saturated carbocycles. The molecule has 2 aliphatic heterocycles. The zero-order valence-corrected chi connectivity index (χ0v) is 24.3. The van der Waals surface area contributed by atoms with Crippen molar-refractivity contribution >= 4 is 33.2 Å². The van der Waals surface area contributed by atoms with Gasteiger partial charge in [-0.25, -0.2) is 21.6 Å². The van der Waals surface area contributed by atoms with E-state index >= 15 is 0 Å². The number of alkyl halides is 2. The molecule has 2 aliphatic carbocycles. The molecule has 0 aromatic heterocycles. The van der Waals surface area contributed by atoms with Crippen LogP contribution in [-0.4, -0.2) is 69.5 Å². The molecule has 0 amide bonds. The predicted molar refractivity (Wildman–Crippen MR) is 150 cm³/mol. The Morgan fingerprint density at radius 1 is 1.20 bits per heavy atom. The zero-order chi connectivity index (χ0) is 29.0. The van der Waals surface area contributed by atoms with Crippen LogP contribution in [0.4, 0.5) is 24.5 Å². The SMILES string of the molecule is CN1/C(=C/CC(F)F)CN(c2ccc(F)cc2)c2cc(SC3CC4(CC4)C3)c(OCC3(CO)COC3)cc2S1(=O)=O. The van der Waals surface area contributed by atoms with Gasteiger partial charge in [0, 0.05) is 36.2 Å². The number of allylic oxidation sites excluding steroid dienone is 1. The van der Waals surface area contributed by atoms with Crippen LogP contribution in [0.1, 0.15) is 32.1 Å². The van der Waals surface area contributed by atoms with Crippen molar-refractivity contribution in [1.82, 2.24) is 4.31 Å². The molecule has 7 nitrogen and oxygen atoms in total. The van der Waals surface area contributed by atoms with Crippen LogP contribution < -0.4 is 9.64 Å². The van der Waals surface area contributed by atoms with E-state index in [1.165, 1.54) is 44.2 Å². The number of rotatable bonds is 9. The average Bonchev–Trinajstić information content (AvgIpc) is 3.70. The highest BCUT2D eigenvalue weighted by Gasteiger charge is 2.53. The third-order valence-electron chi connectivity index (χ3n) is 8.61. The Morgan fingerprint density at radius 2 is 1.90 bits per heavy atom. The van der Waals surface area contributed by atoms with Crippen molar-refractivity contribution in [3.63, 3.8) is 0 Å². The van der Waals surface area contributed by atoms with Gasteiger partial charge < -0.3 is 19.5 Å². The Bertz CT molecular complexity index is 1430. The lowest BCUT2D eigenvalue weighted by Gasteiger charge is -2.39. The number of halogens is 3. The third kappa shape index (κ3) is 5.55. The summed E-state index contributed by atoms with van der Waals surface area (Å²) < 4.78 is 80.8. The first-order valence-corrected chi connectivity index (χ1v) is 16.0. The number of sulfonamides is 1. The van der Waals surface area contributed by atoms with Crippen LogP contribution >= 0.6 is 11.8 Å². The zero-order valence-electron chi connectivity index (χ0n) is 22.7. The minimum atomic E-state index is -4.18. The summed E-state index contributed by atoms with van der Waals surface area (Å²) in [6.07, 6.45) is 2.66. The van der Waals surface area contributed by atoms with Gasteiger partial charge in [0.25, 0.3) is 10.0 Å². The fraction of sp³-hybridized carbons (Fsp3) is 0.517. The number of aliphatic hydroxyl groups is 1. The van der Waals surface area contributed by atoms with E-state index in [0.717, 1.165) is 22.0 Å². The van der Waals surface area contributed by atoms with E-state index in [2.05, 4.69) is 0 Å². The average molecular weight is 611 g/mol. The number of likely N-dealkylation sites (N-methyl/N-ethyl adjacent to an activating group) is 1. The maximum atomic E-state index is 14.0. The second-order valence-electron chi connectivity index (χ2n) is 11.7. The van der Waals surface area contributed by atoms with Crippen LogP contribution in [0.15, 0.2) is 58.0 Å². The molecule has 2 aromatic carbocycles. The minimum Gasteiger partial charge on any atom is -0.492 e. The van der Waals surface area contributed by atoms with Gasteiger partial charge in [0.15, 0.2) is 0 Å². The van der Waals surface area contributed by atoms with E-state index in [1.807, 2.05) is 0 Å². The number of benzene rings is 2. The first-order valence-electron chi connectivity index (χ1n) is 13.7. The number of hydrogen-bond acceptors (Lipinski definition) is 7. The molecule has 4 aliphatic rings. The van der Waals surface area contributed by atoms with Crippen LogP contribution in [0.3, 0.4) is 0 Å². The minimum absolute atomic E-state index is 0.0110. The number of nitrogens with zero attached hydrogens (tertiary/aromatic N) is 2. The van der Waals surface area contributed by atoms with Gasteiger partial charge in [-0.1, -0.05) is 6.08 Å². The highest BCUT2D eigenvalue weighted by atomic mass is 32.2. The third-order valence-corrected chi connectivity index (χ3v) is 11.7. The maximum absolute atomic E-state index is 14.0. The van der Waals surface area contributed by atoms with Gasteiger partial charge in [-0.05, 0) is 61.4 Å². The van der Waals surface area contributed by atoms with Crippen LogP contribution in [0.25, 0.3) is 0 Å². The molecule has 2 aromatic rings. The summed E-state index contributed by atoms with van der Waals surface area (Å²) in [6, 6.07) is 8.96. The van der Waals surface area contributed by atoms with Crippen LogP contribution in [0.2, 0.25) is 0 Å². The molecular weight excluding hydrogens is 577 g/mol. The lowest BCUT2D eigenvalue weighted by atomic mass is 9.81. The highest BCUT2D eigenvalue weighted by Crippen LogP contribution is 2.65. The molecule has 2 heterocycles. The smallest absolute Gasteiger partial charge is 0.266 e. The van der Waals surface area contributed by atoms with Crippen molar-refractivity contribution in [2.24, 2.45) is 10.8 Å². The monoisotopic (exact) mass is 610 g/mol. The van der Waals surface area contributed by atoms with Gasteiger partial charge in [0.2, 0.25) is 6.43 Å². The van der Waals surface area contributed by atoms with Gasteiger partial charge in [0.1, 0.15) is 23.1 Å². The maximum Gasteiger partial charge on any atom is 0.266 e. The number of anilines is 2. The summed E-state index contributed by atoms with van der Waals surface area (Å²) in [4.78, 5) is 2.45. The number of ether oxygens (including phenoxy) is 2. The van der Waals surface area contributed by atoms with E-state index in [1.54, 1.807) is 34.9 Å². The number of fused-ring (bicyclic) bond motifs is 1. The van der Waals surface area contributed by atoms with Crippen molar-refractivity contribution < 1.29 is 36.2 Å². The highest BCUT2D eigenvalue weighted by molar-refractivity contribution is 8.00. The number of thioether (sulfide) groups is 1. The Labute approximate surface area is 242 Å². The summed E-state index contributed by atoms with van der Waals surface area (Å²) in [6.45, 7) is 0.715. The van der Waals surface area contributed by atoms with Crippen LogP contribution in [0, 0.1) is 16.6 Å². The Kier molecular flexibility index (Phi) is 7.49. The topological polar surface area (TPSA) is 79.3 Å². The molecule has 0 unspecified atom stereocenters. The van der Waals surface area contributed by atoms with Gasteiger partial charge in [-0.2, -0.15) is 0 Å². The van der Waals surface area contributed by atoms with Crippen LogP contribution in [-0.2, 0) is 14.8 Å². The summed E-state index contributed by atoms with van der Waals surface area (Å²) in [5.74, 6) is -0.0555. The molecule has 222 valence electrons. The van der Waals surface area contributed by atoms with Crippen molar-refractivity contribution in [1.29, 1.82) is 0 Å². The van der Waals surface area contributed by atoms with E-state index in [4.69, 9.17) is 9.47 Å². The number of aliphatic hydroxyl groups excluding tert-OH is 1. The van der Waals surface area contributed by atoms with Gasteiger partial charge in [0.05, 0.1) is 42.4 Å². The standard InChI is InChI=1S/C29H33F3N2O5S2/c1-33-21(6-7-27(31)32)14-34(20-4-2-19(30)3-5-20)23-10-25(40-22-12-28(13-22)8-9-28)24(11-26(23)41(33,36)37)39-18-29(15-35)16-38-17-29/h2-6,10-11,22,27,35H,7-9,12-18H2,1H3/b21-6+. The Hall–Kier alpha value is -2.41. The fourth-order valence-corrected chi connectivity index (χ4v) is 8.74. The van der Waals surface area contributed by atoms with Crippen molar-refractivity contribution in [2.45, 2.75) is 53.6 Å². The molecule has 1 N–H and O–H groups in total. The number of hydrogen-bond donors (Lipinski definition) is 1. The molecule has 1 saturated heterocycles. The predicted octanol–water partition coefficient (Wildman–Crippen LogP) is 5.56. The van der Waals surface area contributed by atoms with Gasteiger partial charge >= 0.3 is 0 Å². The summed E-state index contributed by atoms with van der Waals surface area (Å²) >= 11 is 1.65. The lowest BCUT2D eigenvalue weighted by molar-refractivity contribution is -0.153. The molecule has 6 rings (SSSR count). The molecule has 1 spiro atoms. The summed E-state index contributed by atoms with van der Waals surface area (Å²) in [5, 5.41) is 10.3. The molecule has 0 radical (unpaired) electrons. The van der Waals surface area contributed by atoms with Gasteiger partial charge in [-0.3, -0.25) is 4.31 Å². The first kappa shape index (κ1) is 28.7. The second kappa shape index (κ2) is 10.7. The molecule has 0 bridgehead atoms. The van der Waals surface area contributed by atoms with E-state index < -0.39 is 34.1 Å². The largest absolute Gasteiger partial charge is 0.492 e. The van der Waals surface area contributed by atoms with E-state index in [9.17, 15) is 26.7 Å². The molecule has 12 heteroatoms. The van der Waals surface area contributed by atoms with Crippen molar-refractivity contribution in [2.75, 3.05) is 44.9 Å². The molecular formula is C29H33F3N2O5S2. The molecule has 41 heavy (non-hydrogen) atoms. The second-order valence-corrected chi connectivity index (χ2v) is 15.0. The fourth-order valence-electron chi connectivity index (χ4n) is 5.67. The first-order chi connectivity index (χ1) is 19.5. The van der Waals surface area contributed by atoms with E-state index in [0.29, 0.717) is 41.0 Å². The van der Waals surface area contributed by atoms with Crippen molar-refractivity contribution in [3.05, 3.63) is 54.0 Å². The van der Waals surface area contributed by atoms with E-state index in [-0.39, 0.29) is 30.4 Å². The summed E-state index contributed by atoms with van der Waals surface area (Å²) in [7, 11) is -2.83. The Balaban J connectivity index is 1.45. The lowest BCUT2D eigenvalue weighted by Crippen LogP contribution is -2.50. The van der Waals surface area contributed by atoms with Crippen molar-refractivity contribution in [3.8, 4) is 5.75 Å². The van der Waals surface area contributed by atoms with Gasteiger partial charge in [-0.15, -0.1) is 11.8 Å². The normalized spacial score (nSPS) is 23.2. The Morgan fingerprint density at radius 3 is 2.49 bits per heavy atom. The quantitative estimate of drug-likeness (QED) is 0.398. The van der Waals surface area contributed by atoms with Crippen LogP contribution in [0.5, 0.6) is 5.75 Å². The molecule has 0 atom stereocenters. The summed E-state index contributed by atoms with van der Waals surface area (Å²) in [5.41, 5.74) is 0.985.